The van der Waals surface area contributed by atoms with Crippen LogP contribution in [-0.4, -0.2) is 93.2 Å². The van der Waals surface area contributed by atoms with Crippen molar-refractivity contribution in [3.05, 3.63) is 36.1 Å². The number of amides is 3. The molecule has 0 aromatic heterocycles. The lowest BCUT2D eigenvalue weighted by Gasteiger charge is -2.40. The molecule has 2 N–H and O–H groups in total. The maximum atomic E-state index is 13.6. The van der Waals surface area contributed by atoms with Crippen LogP contribution in [0.4, 0.5) is 0 Å². The summed E-state index contributed by atoms with van der Waals surface area (Å²) in [5.74, 6) is 0.170. The van der Waals surface area contributed by atoms with Gasteiger partial charge in [-0.15, -0.1) is 0 Å². The third-order valence-corrected chi connectivity index (χ3v) is 8.17. The number of rotatable bonds is 18. The fraction of sp³-hybridized carbons (Fsp3) is 0.700. The SMILES string of the molecule is C=C(CNC=O)N(C)C(C(C)CC)C(CC(=O)N1CCCC1C(CC(=O)NCCC1=CCCC=C1)OC)OC. The summed E-state index contributed by atoms with van der Waals surface area (Å²) in [5.41, 5.74) is 2.01. The van der Waals surface area contributed by atoms with Crippen molar-refractivity contribution >= 4 is 18.2 Å². The summed E-state index contributed by atoms with van der Waals surface area (Å²) in [6.07, 6.45) is 12.4. The lowest BCUT2D eigenvalue weighted by molar-refractivity contribution is -0.140. The summed E-state index contributed by atoms with van der Waals surface area (Å²) in [7, 11) is 5.18. The van der Waals surface area contributed by atoms with Crippen molar-refractivity contribution in [2.75, 3.05) is 40.9 Å². The van der Waals surface area contributed by atoms with Crippen LogP contribution >= 0.6 is 0 Å². The van der Waals surface area contributed by atoms with Crippen molar-refractivity contribution in [2.24, 2.45) is 5.92 Å². The van der Waals surface area contributed by atoms with Gasteiger partial charge in [0.05, 0.1) is 43.7 Å². The molecule has 9 heteroatoms. The molecule has 3 amide bonds. The molecule has 1 fully saturated rings. The van der Waals surface area contributed by atoms with E-state index in [0.29, 0.717) is 26.0 Å². The van der Waals surface area contributed by atoms with Crippen LogP contribution in [0.3, 0.4) is 0 Å². The molecule has 1 aliphatic carbocycles. The van der Waals surface area contributed by atoms with Gasteiger partial charge >= 0.3 is 0 Å². The summed E-state index contributed by atoms with van der Waals surface area (Å²) in [6, 6.07) is -0.245. The van der Waals surface area contributed by atoms with Crippen molar-refractivity contribution in [2.45, 2.75) is 89.5 Å². The standard InChI is InChI=1S/C30H50N4O5/c1-7-22(2)30(33(4)23(3)20-31-21-35)27(39-6)19-29(37)34-17-11-14-25(34)26(38-5)18-28(36)32-16-15-24-12-9-8-10-13-24/h9,12-13,21-22,25-27,30H,3,7-8,10-11,14-20H2,1-2,4-6H3,(H,31,35)(H,32,36). The van der Waals surface area contributed by atoms with E-state index >= 15 is 0 Å². The summed E-state index contributed by atoms with van der Waals surface area (Å²) < 4.78 is 11.7. The van der Waals surface area contributed by atoms with Gasteiger partial charge in [0, 0.05) is 40.1 Å². The Bertz CT molecular complexity index is 873. The van der Waals surface area contributed by atoms with Crippen molar-refractivity contribution < 1.29 is 23.9 Å². The first kappa shape index (κ1) is 32.6. The van der Waals surface area contributed by atoms with Gasteiger partial charge in [0.25, 0.3) is 0 Å². The lowest BCUT2D eigenvalue weighted by Crippen LogP contribution is -2.51. The summed E-state index contributed by atoms with van der Waals surface area (Å²) in [4.78, 5) is 41.0. The van der Waals surface area contributed by atoms with E-state index in [-0.39, 0.29) is 54.9 Å². The van der Waals surface area contributed by atoms with Crippen LogP contribution in [0.25, 0.3) is 0 Å². The van der Waals surface area contributed by atoms with E-state index in [4.69, 9.17) is 9.47 Å². The van der Waals surface area contributed by atoms with Crippen LogP contribution in [0.2, 0.25) is 0 Å². The first-order valence-corrected chi connectivity index (χ1v) is 14.3. The Kier molecular flexibility index (Phi) is 14.3. The second kappa shape index (κ2) is 17.1. The molecule has 1 heterocycles. The van der Waals surface area contributed by atoms with Crippen molar-refractivity contribution in [1.29, 1.82) is 0 Å². The number of allylic oxidation sites excluding steroid dienone is 3. The number of hydrogen-bond donors (Lipinski definition) is 2. The molecule has 0 aromatic carbocycles. The Morgan fingerprint density at radius 3 is 2.64 bits per heavy atom. The number of likely N-dealkylation sites (tertiary alicyclic amines) is 1. The molecule has 220 valence electrons. The highest BCUT2D eigenvalue weighted by Crippen LogP contribution is 2.28. The number of carbonyl (C=O) groups excluding carboxylic acids is 3. The molecule has 0 aromatic rings. The number of methoxy groups -OCH3 is 2. The predicted octanol–water partition coefficient (Wildman–Crippen LogP) is 3.18. The zero-order chi connectivity index (χ0) is 28.8. The predicted molar refractivity (Wildman–Crippen MR) is 154 cm³/mol. The Balaban J connectivity index is 2.01. The van der Waals surface area contributed by atoms with E-state index in [1.807, 2.05) is 16.8 Å². The smallest absolute Gasteiger partial charge is 0.225 e. The Hall–Kier alpha value is -2.65. The largest absolute Gasteiger partial charge is 0.379 e. The van der Waals surface area contributed by atoms with E-state index in [2.05, 4.69) is 49.3 Å². The second-order valence-corrected chi connectivity index (χ2v) is 10.7. The quantitative estimate of drug-likeness (QED) is 0.256. The maximum absolute atomic E-state index is 13.6. The highest BCUT2D eigenvalue weighted by Gasteiger charge is 2.39. The number of nitrogens with zero attached hydrogens (tertiary/aromatic N) is 2. The second-order valence-electron chi connectivity index (χ2n) is 10.7. The third kappa shape index (κ3) is 9.80. The number of hydrogen-bond acceptors (Lipinski definition) is 6. The van der Waals surface area contributed by atoms with Gasteiger partial charge in [-0.2, -0.15) is 0 Å². The van der Waals surface area contributed by atoms with Gasteiger partial charge in [0.15, 0.2) is 0 Å². The molecule has 9 nitrogen and oxygen atoms in total. The molecule has 5 unspecified atom stereocenters. The van der Waals surface area contributed by atoms with E-state index in [9.17, 15) is 14.4 Å². The molecule has 0 radical (unpaired) electrons. The Labute approximate surface area is 235 Å². The third-order valence-electron chi connectivity index (χ3n) is 8.17. The highest BCUT2D eigenvalue weighted by molar-refractivity contribution is 5.79. The number of likely N-dealkylation sites (N-methyl/N-ethyl adjacent to an activating group) is 1. The number of ether oxygens (including phenoxy) is 2. The van der Waals surface area contributed by atoms with Crippen LogP contribution in [0.1, 0.15) is 65.2 Å². The molecular formula is C30H50N4O5. The Morgan fingerprint density at radius 1 is 1.26 bits per heavy atom. The topological polar surface area (TPSA) is 100 Å². The van der Waals surface area contributed by atoms with Crippen molar-refractivity contribution in [3.8, 4) is 0 Å². The molecule has 1 saturated heterocycles. The molecule has 1 aliphatic heterocycles. The van der Waals surface area contributed by atoms with Crippen molar-refractivity contribution in [3.63, 3.8) is 0 Å². The normalized spacial score (nSPS) is 20.0. The van der Waals surface area contributed by atoms with E-state index in [0.717, 1.165) is 44.2 Å². The fourth-order valence-electron chi connectivity index (χ4n) is 5.69. The van der Waals surface area contributed by atoms with Crippen molar-refractivity contribution in [1.82, 2.24) is 20.4 Å². The number of carbonyl (C=O) groups is 3. The van der Waals surface area contributed by atoms with Crippen LogP contribution in [0.15, 0.2) is 36.1 Å². The highest BCUT2D eigenvalue weighted by atomic mass is 16.5. The zero-order valence-corrected chi connectivity index (χ0v) is 24.6. The first-order valence-electron chi connectivity index (χ1n) is 14.3. The Morgan fingerprint density at radius 2 is 2.03 bits per heavy atom. The monoisotopic (exact) mass is 546 g/mol. The van der Waals surface area contributed by atoms with Gasteiger partial charge in [0.1, 0.15) is 0 Å². The van der Waals surface area contributed by atoms with Crippen LogP contribution in [0, 0.1) is 5.92 Å². The van der Waals surface area contributed by atoms with Gasteiger partial charge in [0.2, 0.25) is 18.2 Å². The molecule has 0 bridgehead atoms. The van der Waals surface area contributed by atoms with Gasteiger partial charge in [-0.25, -0.2) is 0 Å². The summed E-state index contributed by atoms with van der Waals surface area (Å²) in [6.45, 7) is 9.93. The van der Waals surface area contributed by atoms with Gasteiger partial charge < -0.3 is 29.9 Å². The average Bonchev–Trinajstić information content (AvgIpc) is 3.44. The van der Waals surface area contributed by atoms with E-state index in [1.54, 1.807) is 14.2 Å². The molecule has 0 saturated carbocycles. The average molecular weight is 547 g/mol. The maximum Gasteiger partial charge on any atom is 0.225 e. The van der Waals surface area contributed by atoms with E-state index < -0.39 is 0 Å². The molecular weight excluding hydrogens is 496 g/mol. The van der Waals surface area contributed by atoms with Crippen LogP contribution in [-0.2, 0) is 23.9 Å². The van der Waals surface area contributed by atoms with E-state index in [1.165, 1.54) is 5.57 Å². The lowest BCUT2D eigenvalue weighted by atomic mass is 9.90. The minimum Gasteiger partial charge on any atom is -0.379 e. The van der Waals surface area contributed by atoms with Crippen LogP contribution in [0.5, 0.6) is 0 Å². The minimum absolute atomic E-state index is 0.00108. The van der Waals surface area contributed by atoms with Gasteiger partial charge in [-0.3, -0.25) is 14.4 Å². The minimum atomic E-state index is -0.367. The van der Waals surface area contributed by atoms with Gasteiger partial charge in [-0.1, -0.05) is 50.6 Å². The molecule has 5 atom stereocenters. The molecule has 2 rings (SSSR count). The number of nitrogens with one attached hydrogen (secondary N) is 2. The van der Waals surface area contributed by atoms with Crippen LogP contribution < -0.4 is 10.6 Å². The van der Waals surface area contributed by atoms with Gasteiger partial charge in [-0.05, 0) is 38.0 Å². The first-order chi connectivity index (χ1) is 18.8. The molecule has 0 spiro atoms. The summed E-state index contributed by atoms with van der Waals surface area (Å²) >= 11 is 0. The summed E-state index contributed by atoms with van der Waals surface area (Å²) in [5, 5.41) is 5.68. The molecule has 39 heavy (non-hydrogen) atoms. The molecule has 2 aliphatic rings. The zero-order valence-electron chi connectivity index (χ0n) is 24.6. The fourth-order valence-corrected chi connectivity index (χ4v) is 5.69.